The van der Waals surface area contributed by atoms with Crippen LogP contribution in [0, 0.1) is 0 Å². The van der Waals surface area contributed by atoms with Gasteiger partial charge in [0.25, 0.3) is 0 Å². The third-order valence-electron chi connectivity index (χ3n) is 3.72. The van der Waals surface area contributed by atoms with Crippen LogP contribution in [0.5, 0.6) is 5.75 Å². The minimum Gasteiger partial charge on any atom is -0.495 e. The molecule has 1 aromatic heterocycles. The number of halogens is 1. The first-order valence-corrected chi connectivity index (χ1v) is 6.72. The third kappa shape index (κ3) is 1.98. The van der Waals surface area contributed by atoms with E-state index in [1.807, 2.05) is 12.1 Å². The molecule has 0 saturated carbocycles. The van der Waals surface area contributed by atoms with Gasteiger partial charge in [0.2, 0.25) is 0 Å². The fraction of sp³-hybridized carbons (Fsp3) is 0.429. The first kappa shape index (κ1) is 11.9. The second-order valence-electron chi connectivity index (χ2n) is 4.82. The van der Waals surface area contributed by atoms with Crippen molar-refractivity contribution in [1.82, 2.24) is 10.3 Å². The molecule has 1 saturated heterocycles. The van der Waals surface area contributed by atoms with Gasteiger partial charge in [0, 0.05) is 23.6 Å². The zero-order chi connectivity index (χ0) is 12.5. The summed E-state index contributed by atoms with van der Waals surface area (Å²) in [6.07, 6.45) is 4.59. The number of aromatic nitrogens is 1. The van der Waals surface area contributed by atoms with E-state index in [1.54, 1.807) is 7.11 Å². The molecule has 0 radical (unpaired) electrons. The van der Waals surface area contributed by atoms with Crippen molar-refractivity contribution in [1.29, 1.82) is 0 Å². The van der Waals surface area contributed by atoms with E-state index in [4.69, 9.17) is 16.3 Å². The number of H-pyrrole nitrogens is 1. The van der Waals surface area contributed by atoms with E-state index in [0.717, 1.165) is 24.4 Å². The molecule has 2 aromatic rings. The van der Waals surface area contributed by atoms with Gasteiger partial charge in [-0.3, -0.25) is 0 Å². The second-order valence-corrected chi connectivity index (χ2v) is 5.23. The SMILES string of the molecule is COc1cc2c(C3CCCNC3)c[nH]c2cc1Cl. The monoisotopic (exact) mass is 264 g/mol. The van der Waals surface area contributed by atoms with Gasteiger partial charge in [-0.05, 0) is 43.0 Å². The minimum atomic E-state index is 0.582. The average molecular weight is 265 g/mol. The topological polar surface area (TPSA) is 37.0 Å². The number of benzene rings is 1. The first-order chi connectivity index (χ1) is 8.79. The van der Waals surface area contributed by atoms with E-state index < -0.39 is 0 Å². The van der Waals surface area contributed by atoms with Crippen LogP contribution in [0.2, 0.25) is 5.02 Å². The molecule has 1 unspecified atom stereocenters. The van der Waals surface area contributed by atoms with Gasteiger partial charge in [0.05, 0.1) is 12.1 Å². The Bertz CT molecular complexity index is 558. The number of nitrogens with one attached hydrogen (secondary N) is 2. The van der Waals surface area contributed by atoms with Crippen LogP contribution in [0.3, 0.4) is 0 Å². The molecule has 1 aliphatic rings. The molecule has 1 atom stereocenters. The highest BCUT2D eigenvalue weighted by Crippen LogP contribution is 2.35. The molecule has 4 heteroatoms. The number of aromatic amines is 1. The molecule has 96 valence electrons. The van der Waals surface area contributed by atoms with Crippen molar-refractivity contribution in [3.63, 3.8) is 0 Å². The molecule has 0 amide bonds. The van der Waals surface area contributed by atoms with E-state index in [1.165, 1.54) is 23.8 Å². The Kier molecular flexibility index (Phi) is 3.18. The summed E-state index contributed by atoms with van der Waals surface area (Å²) in [5.41, 5.74) is 2.45. The summed E-state index contributed by atoms with van der Waals surface area (Å²) < 4.78 is 5.30. The van der Waals surface area contributed by atoms with Crippen molar-refractivity contribution < 1.29 is 4.74 Å². The molecule has 1 aliphatic heterocycles. The van der Waals surface area contributed by atoms with E-state index >= 15 is 0 Å². The van der Waals surface area contributed by atoms with Crippen molar-refractivity contribution >= 4 is 22.5 Å². The van der Waals surface area contributed by atoms with Crippen molar-refractivity contribution in [3.05, 3.63) is 28.9 Å². The van der Waals surface area contributed by atoms with Crippen LogP contribution >= 0.6 is 11.6 Å². The zero-order valence-electron chi connectivity index (χ0n) is 10.4. The Morgan fingerprint density at radius 3 is 3.00 bits per heavy atom. The molecule has 0 spiro atoms. The average Bonchev–Trinajstić information content (AvgIpc) is 2.81. The summed E-state index contributed by atoms with van der Waals surface area (Å²) in [4.78, 5) is 3.31. The van der Waals surface area contributed by atoms with Crippen LogP contribution in [0.4, 0.5) is 0 Å². The van der Waals surface area contributed by atoms with Gasteiger partial charge in [0.1, 0.15) is 5.75 Å². The number of fused-ring (bicyclic) bond motifs is 1. The number of methoxy groups -OCH3 is 1. The number of piperidine rings is 1. The largest absolute Gasteiger partial charge is 0.495 e. The van der Waals surface area contributed by atoms with Gasteiger partial charge in [-0.25, -0.2) is 0 Å². The number of hydrogen-bond acceptors (Lipinski definition) is 2. The Balaban J connectivity index is 2.06. The summed E-state index contributed by atoms with van der Waals surface area (Å²) in [5.74, 6) is 1.33. The quantitative estimate of drug-likeness (QED) is 0.873. The maximum absolute atomic E-state index is 6.14. The van der Waals surface area contributed by atoms with Gasteiger partial charge >= 0.3 is 0 Å². The van der Waals surface area contributed by atoms with E-state index in [0.29, 0.717) is 10.9 Å². The van der Waals surface area contributed by atoms with E-state index in [9.17, 15) is 0 Å². The molecule has 0 aliphatic carbocycles. The Morgan fingerprint density at radius 2 is 2.28 bits per heavy atom. The molecule has 18 heavy (non-hydrogen) atoms. The van der Waals surface area contributed by atoms with Crippen LogP contribution < -0.4 is 10.1 Å². The van der Waals surface area contributed by atoms with Gasteiger partial charge in [0.15, 0.2) is 0 Å². The van der Waals surface area contributed by atoms with E-state index in [-0.39, 0.29) is 0 Å². The normalized spacial score (nSPS) is 20.2. The fourth-order valence-electron chi connectivity index (χ4n) is 2.76. The lowest BCUT2D eigenvalue weighted by Gasteiger charge is -2.22. The molecule has 0 bridgehead atoms. The summed E-state index contributed by atoms with van der Waals surface area (Å²) in [7, 11) is 1.65. The Morgan fingerprint density at radius 1 is 1.39 bits per heavy atom. The highest BCUT2D eigenvalue weighted by Gasteiger charge is 2.19. The molecule has 2 N–H and O–H groups in total. The van der Waals surface area contributed by atoms with Gasteiger partial charge in [-0.1, -0.05) is 11.6 Å². The molecular formula is C14H17ClN2O. The van der Waals surface area contributed by atoms with Crippen LogP contribution in [0.25, 0.3) is 10.9 Å². The summed E-state index contributed by atoms with van der Waals surface area (Å²) in [6.45, 7) is 2.19. The van der Waals surface area contributed by atoms with Crippen LogP contribution in [0.1, 0.15) is 24.3 Å². The van der Waals surface area contributed by atoms with Crippen LogP contribution in [-0.4, -0.2) is 25.2 Å². The lowest BCUT2D eigenvalue weighted by molar-refractivity contribution is 0.415. The summed E-state index contributed by atoms with van der Waals surface area (Å²) in [5, 5.41) is 5.34. The lowest BCUT2D eigenvalue weighted by atomic mass is 9.91. The smallest absolute Gasteiger partial charge is 0.138 e. The molecule has 1 fully saturated rings. The van der Waals surface area contributed by atoms with Crippen molar-refractivity contribution in [3.8, 4) is 5.75 Å². The van der Waals surface area contributed by atoms with Crippen LogP contribution in [0.15, 0.2) is 18.3 Å². The van der Waals surface area contributed by atoms with Crippen molar-refractivity contribution in [2.75, 3.05) is 20.2 Å². The van der Waals surface area contributed by atoms with E-state index in [2.05, 4.69) is 16.5 Å². The Hall–Kier alpha value is -1.19. The fourth-order valence-corrected chi connectivity index (χ4v) is 3.00. The van der Waals surface area contributed by atoms with Crippen molar-refractivity contribution in [2.45, 2.75) is 18.8 Å². The van der Waals surface area contributed by atoms with Gasteiger partial charge < -0.3 is 15.0 Å². The molecule has 3 nitrogen and oxygen atoms in total. The lowest BCUT2D eigenvalue weighted by Crippen LogP contribution is -2.28. The maximum Gasteiger partial charge on any atom is 0.138 e. The van der Waals surface area contributed by atoms with Crippen LogP contribution in [-0.2, 0) is 0 Å². The highest BCUT2D eigenvalue weighted by molar-refractivity contribution is 6.32. The zero-order valence-corrected chi connectivity index (χ0v) is 11.2. The molecule has 3 rings (SSSR count). The Labute approximate surface area is 111 Å². The first-order valence-electron chi connectivity index (χ1n) is 6.35. The standard InChI is InChI=1S/C14H17ClN2O/c1-18-14-5-10-11(9-3-2-4-16-7-9)8-17-13(10)6-12(14)15/h5-6,8-9,16-17H,2-4,7H2,1H3. The third-order valence-corrected chi connectivity index (χ3v) is 4.02. The maximum atomic E-state index is 6.14. The summed E-state index contributed by atoms with van der Waals surface area (Å²) in [6, 6.07) is 3.98. The highest BCUT2D eigenvalue weighted by atomic mass is 35.5. The number of rotatable bonds is 2. The second kappa shape index (κ2) is 4.82. The van der Waals surface area contributed by atoms with Gasteiger partial charge in [-0.15, -0.1) is 0 Å². The molecule has 1 aromatic carbocycles. The predicted octanol–water partition coefficient (Wildman–Crippen LogP) is 3.30. The predicted molar refractivity (Wildman–Crippen MR) is 74.7 cm³/mol. The number of hydrogen-bond donors (Lipinski definition) is 2. The number of ether oxygens (including phenoxy) is 1. The molecule has 2 heterocycles. The van der Waals surface area contributed by atoms with Crippen molar-refractivity contribution in [2.24, 2.45) is 0 Å². The molecular weight excluding hydrogens is 248 g/mol. The summed E-state index contributed by atoms with van der Waals surface area (Å²) >= 11 is 6.14. The van der Waals surface area contributed by atoms with Gasteiger partial charge in [-0.2, -0.15) is 0 Å². The minimum absolute atomic E-state index is 0.582.